The highest BCUT2D eigenvalue weighted by molar-refractivity contribution is 6.39. The molecule has 120 valence electrons. The summed E-state index contributed by atoms with van der Waals surface area (Å²) in [6.45, 7) is 0. The first-order valence-electron chi connectivity index (χ1n) is 6.31. The zero-order chi connectivity index (χ0) is 16.7. The van der Waals surface area contributed by atoms with Crippen LogP contribution in [0.5, 0.6) is 0 Å². The van der Waals surface area contributed by atoms with Gasteiger partial charge in [-0.15, -0.1) is 11.6 Å². The average Bonchev–Trinajstić information content (AvgIpc) is 2.49. The van der Waals surface area contributed by atoms with Crippen LogP contribution in [-0.2, 0) is 14.3 Å². The van der Waals surface area contributed by atoms with Crippen molar-refractivity contribution in [3.05, 3.63) is 33.8 Å². The maximum Gasteiger partial charge on any atom is 0.328 e. The third kappa shape index (κ3) is 5.16. The highest BCUT2D eigenvalue weighted by Gasteiger charge is 2.25. The van der Waals surface area contributed by atoms with Crippen LogP contribution in [0.3, 0.4) is 0 Å². The molecule has 1 N–H and O–H groups in total. The topological polar surface area (TPSA) is 72.5 Å². The average molecular weight is 367 g/mol. The number of halogens is 3. The molecule has 8 heteroatoms. The Morgan fingerprint density at radius 2 is 1.82 bits per heavy atom. The predicted octanol–water partition coefficient (Wildman–Crippen LogP) is 2.85. The summed E-state index contributed by atoms with van der Waals surface area (Å²) in [5.41, 5.74) is 0.0587. The number of Topliss-reactive ketones (excluding diaryl/α,β-unsaturated/α-hetero) is 1. The Morgan fingerprint density at radius 1 is 1.23 bits per heavy atom. The van der Waals surface area contributed by atoms with Crippen LogP contribution in [0.2, 0.25) is 10.0 Å². The third-order valence-corrected chi connectivity index (χ3v) is 3.77. The standard InChI is InChI=1S/C14H14Cl3NO4/c1-22-14(21)11(6-5-8(19)7-15)18-13(20)12-9(16)3-2-4-10(12)17/h2-4,11H,5-7H2,1H3,(H,18,20)/t11-/m0/s1. The van der Waals surface area contributed by atoms with E-state index in [0.29, 0.717) is 0 Å². The van der Waals surface area contributed by atoms with E-state index in [1.807, 2.05) is 0 Å². The number of methoxy groups -OCH3 is 1. The van der Waals surface area contributed by atoms with Gasteiger partial charge in [-0.3, -0.25) is 9.59 Å². The molecule has 0 aliphatic rings. The van der Waals surface area contributed by atoms with Crippen molar-refractivity contribution in [2.75, 3.05) is 13.0 Å². The fourth-order valence-corrected chi connectivity index (χ4v) is 2.41. The molecule has 0 aromatic heterocycles. The number of benzene rings is 1. The van der Waals surface area contributed by atoms with Crippen LogP contribution in [0.15, 0.2) is 18.2 Å². The van der Waals surface area contributed by atoms with Crippen molar-refractivity contribution < 1.29 is 19.1 Å². The highest BCUT2D eigenvalue weighted by atomic mass is 35.5. The maximum absolute atomic E-state index is 12.2. The molecule has 0 saturated heterocycles. The van der Waals surface area contributed by atoms with Crippen molar-refractivity contribution in [3.8, 4) is 0 Å². The van der Waals surface area contributed by atoms with Crippen molar-refractivity contribution in [1.82, 2.24) is 5.32 Å². The lowest BCUT2D eigenvalue weighted by molar-refractivity contribution is -0.143. The first-order chi connectivity index (χ1) is 10.4. The highest BCUT2D eigenvalue weighted by Crippen LogP contribution is 2.24. The number of hydrogen-bond donors (Lipinski definition) is 1. The summed E-state index contributed by atoms with van der Waals surface area (Å²) < 4.78 is 4.61. The normalized spacial score (nSPS) is 11.6. The Kier molecular flexibility index (Phi) is 7.65. The minimum atomic E-state index is -0.989. The van der Waals surface area contributed by atoms with Gasteiger partial charge < -0.3 is 10.1 Å². The van der Waals surface area contributed by atoms with E-state index in [-0.39, 0.29) is 40.1 Å². The molecule has 0 radical (unpaired) electrons. The Hall–Kier alpha value is -1.30. The van der Waals surface area contributed by atoms with Gasteiger partial charge in [-0.1, -0.05) is 29.3 Å². The minimum Gasteiger partial charge on any atom is -0.467 e. The molecule has 0 spiro atoms. The van der Waals surface area contributed by atoms with Gasteiger partial charge in [0, 0.05) is 6.42 Å². The molecule has 5 nitrogen and oxygen atoms in total. The first-order valence-corrected chi connectivity index (χ1v) is 7.60. The molecule has 0 unspecified atom stereocenters. The van der Waals surface area contributed by atoms with Gasteiger partial charge in [0.1, 0.15) is 11.8 Å². The monoisotopic (exact) mass is 365 g/mol. The summed E-state index contributed by atoms with van der Waals surface area (Å²) in [6.07, 6.45) is 0.117. The van der Waals surface area contributed by atoms with E-state index in [4.69, 9.17) is 34.8 Å². The van der Waals surface area contributed by atoms with E-state index >= 15 is 0 Å². The SMILES string of the molecule is COC(=O)[C@H](CCC(=O)CCl)NC(=O)c1c(Cl)cccc1Cl. The van der Waals surface area contributed by atoms with Gasteiger partial charge in [-0.25, -0.2) is 4.79 Å². The number of amides is 1. The summed E-state index contributed by atoms with van der Waals surface area (Å²) in [5.74, 6) is -1.68. The quantitative estimate of drug-likeness (QED) is 0.595. The van der Waals surface area contributed by atoms with Crippen LogP contribution in [0.25, 0.3) is 0 Å². The first kappa shape index (κ1) is 18.7. The van der Waals surface area contributed by atoms with Crippen LogP contribution < -0.4 is 5.32 Å². The van der Waals surface area contributed by atoms with Gasteiger partial charge >= 0.3 is 5.97 Å². The number of hydrogen-bond acceptors (Lipinski definition) is 4. The Bertz CT molecular complexity index is 557. The van der Waals surface area contributed by atoms with Gasteiger partial charge in [-0.05, 0) is 18.6 Å². The molecule has 0 heterocycles. The van der Waals surface area contributed by atoms with E-state index in [0.717, 1.165) is 0 Å². The van der Waals surface area contributed by atoms with Crippen LogP contribution in [-0.4, -0.2) is 36.7 Å². The van der Waals surface area contributed by atoms with Crippen molar-refractivity contribution in [2.24, 2.45) is 0 Å². The van der Waals surface area contributed by atoms with Crippen LogP contribution in [0.1, 0.15) is 23.2 Å². The molecule has 0 fully saturated rings. The number of rotatable bonds is 7. The molecule has 0 aliphatic carbocycles. The van der Waals surface area contributed by atoms with E-state index in [9.17, 15) is 14.4 Å². The lowest BCUT2D eigenvalue weighted by atomic mass is 10.1. The summed E-state index contributed by atoms with van der Waals surface area (Å²) >= 11 is 17.3. The fraction of sp³-hybridized carbons (Fsp3) is 0.357. The molecule has 1 amide bonds. The van der Waals surface area contributed by atoms with Crippen LogP contribution >= 0.6 is 34.8 Å². The molecule has 22 heavy (non-hydrogen) atoms. The smallest absolute Gasteiger partial charge is 0.328 e. The second-order valence-corrected chi connectivity index (χ2v) is 5.44. The second-order valence-electron chi connectivity index (χ2n) is 4.36. The number of ketones is 1. The number of esters is 1. The van der Waals surface area contributed by atoms with Crippen molar-refractivity contribution in [2.45, 2.75) is 18.9 Å². The summed E-state index contributed by atoms with van der Waals surface area (Å²) in [7, 11) is 1.19. The Balaban J connectivity index is 2.87. The third-order valence-electron chi connectivity index (χ3n) is 2.84. The van der Waals surface area contributed by atoms with Crippen molar-refractivity contribution >= 4 is 52.5 Å². The summed E-state index contributed by atoms with van der Waals surface area (Å²) in [6, 6.07) is 3.62. The van der Waals surface area contributed by atoms with Crippen LogP contribution in [0.4, 0.5) is 0 Å². The molecule has 1 atom stereocenters. The molecular formula is C14H14Cl3NO4. The van der Waals surface area contributed by atoms with Gasteiger partial charge in [0.2, 0.25) is 0 Å². The molecule has 0 bridgehead atoms. The molecule has 1 aromatic rings. The van der Waals surface area contributed by atoms with E-state index in [1.165, 1.54) is 19.2 Å². The lowest BCUT2D eigenvalue weighted by Crippen LogP contribution is -2.42. The molecule has 0 aliphatic heterocycles. The number of carbonyl (C=O) groups excluding carboxylic acids is 3. The number of nitrogens with one attached hydrogen (secondary N) is 1. The van der Waals surface area contributed by atoms with E-state index in [2.05, 4.69) is 10.1 Å². The maximum atomic E-state index is 12.2. The molecule has 1 rings (SSSR count). The van der Waals surface area contributed by atoms with Gasteiger partial charge in [-0.2, -0.15) is 0 Å². The molecule has 1 aromatic carbocycles. The van der Waals surface area contributed by atoms with Gasteiger partial charge in [0.05, 0.1) is 28.6 Å². The zero-order valence-corrected chi connectivity index (χ0v) is 14.0. The zero-order valence-electron chi connectivity index (χ0n) is 11.7. The second kappa shape index (κ2) is 8.98. The van der Waals surface area contributed by atoms with E-state index in [1.54, 1.807) is 6.07 Å². The predicted molar refractivity (Wildman–Crippen MR) is 84.7 cm³/mol. The Morgan fingerprint density at radius 3 is 2.32 bits per heavy atom. The number of alkyl halides is 1. The van der Waals surface area contributed by atoms with Crippen molar-refractivity contribution in [3.63, 3.8) is 0 Å². The Labute approximate surface area is 142 Å². The van der Waals surface area contributed by atoms with E-state index < -0.39 is 17.9 Å². The number of carbonyl (C=O) groups is 3. The van der Waals surface area contributed by atoms with Gasteiger partial charge in [0.15, 0.2) is 0 Å². The molecule has 0 saturated carbocycles. The van der Waals surface area contributed by atoms with Crippen LogP contribution in [0, 0.1) is 0 Å². The summed E-state index contributed by atoms with van der Waals surface area (Å²) in [4.78, 5) is 35.2. The summed E-state index contributed by atoms with van der Waals surface area (Å²) in [5, 5.41) is 2.78. The fourth-order valence-electron chi connectivity index (χ4n) is 1.71. The number of ether oxygens (including phenoxy) is 1. The van der Waals surface area contributed by atoms with Gasteiger partial charge in [0.25, 0.3) is 5.91 Å². The lowest BCUT2D eigenvalue weighted by Gasteiger charge is -2.17. The minimum absolute atomic E-state index is 0.0415. The largest absolute Gasteiger partial charge is 0.467 e. The van der Waals surface area contributed by atoms with Crippen molar-refractivity contribution in [1.29, 1.82) is 0 Å². The molecular weight excluding hydrogens is 353 g/mol.